The largest absolute Gasteiger partial charge is 0.421 e. The van der Waals surface area contributed by atoms with Gasteiger partial charge in [0.25, 0.3) is 10.0 Å². The van der Waals surface area contributed by atoms with E-state index in [1.165, 1.54) is 16.4 Å². The predicted molar refractivity (Wildman–Crippen MR) is 121 cm³/mol. The van der Waals surface area contributed by atoms with E-state index in [-0.39, 0.29) is 22.9 Å². The van der Waals surface area contributed by atoms with Crippen LogP contribution in [0.15, 0.2) is 64.4 Å². The summed E-state index contributed by atoms with van der Waals surface area (Å²) in [6.45, 7) is 1.95. The Morgan fingerprint density at radius 2 is 1.79 bits per heavy atom. The number of anilines is 1. The Bertz CT molecular complexity index is 1210. The number of aromatic nitrogens is 1. The summed E-state index contributed by atoms with van der Waals surface area (Å²) in [5.74, 6) is 0. The van der Waals surface area contributed by atoms with E-state index in [0.717, 1.165) is 18.3 Å². The second-order valence-corrected chi connectivity index (χ2v) is 11.0. The molecule has 0 radical (unpaired) electrons. The number of pyridine rings is 1. The minimum atomic E-state index is -4.84. The van der Waals surface area contributed by atoms with Gasteiger partial charge in [0.1, 0.15) is 4.21 Å². The van der Waals surface area contributed by atoms with Crippen molar-refractivity contribution in [2.75, 3.05) is 31.1 Å². The van der Waals surface area contributed by atoms with Crippen LogP contribution in [0.1, 0.15) is 12.5 Å². The Morgan fingerprint density at radius 3 is 2.36 bits per heavy atom. The number of piperazine rings is 1. The molecule has 0 saturated carbocycles. The highest BCUT2D eigenvalue weighted by atomic mass is 32.2. The van der Waals surface area contributed by atoms with Crippen LogP contribution in [0.3, 0.4) is 0 Å². The molecule has 1 aliphatic rings. The fourth-order valence-electron chi connectivity index (χ4n) is 3.74. The molecule has 1 N–H and O–H groups in total. The van der Waals surface area contributed by atoms with E-state index in [0.29, 0.717) is 29.9 Å². The molecule has 1 atom stereocenters. The van der Waals surface area contributed by atoms with Crippen LogP contribution >= 0.6 is 11.3 Å². The van der Waals surface area contributed by atoms with Gasteiger partial charge in [-0.2, -0.15) is 17.5 Å². The Morgan fingerprint density at radius 1 is 1.06 bits per heavy atom. The van der Waals surface area contributed by atoms with Crippen LogP contribution in [0.4, 0.5) is 18.9 Å². The lowest BCUT2D eigenvalue weighted by Gasteiger charge is -2.36. The average Bonchev–Trinajstić information content (AvgIpc) is 3.35. The maximum Gasteiger partial charge on any atom is 0.421 e. The molecule has 1 fully saturated rings. The van der Waals surface area contributed by atoms with Crippen LogP contribution in [-0.4, -0.2) is 55.2 Å². The van der Waals surface area contributed by atoms with Crippen LogP contribution in [-0.2, 0) is 15.6 Å². The summed E-state index contributed by atoms with van der Waals surface area (Å²) < 4.78 is 67.6. The summed E-state index contributed by atoms with van der Waals surface area (Å²) in [7, 11) is -3.57. The molecule has 176 valence electrons. The van der Waals surface area contributed by atoms with Crippen LogP contribution in [0.25, 0.3) is 11.1 Å². The number of rotatable bonds is 5. The molecule has 0 bridgehead atoms. The van der Waals surface area contributed by atoms with Crippen molar-refractivity contribution in [1.29, 1.82) is 0 Å². The van der Waals surface area contributed by atoms with Gasteiger partial charge >= 0.3 is 6.18 Å². The van der Waals surface area contributed by atoms with E-state index in [4.69, 9.17) is 0 Å². The molecule has 0 spiro atoms. The molecule has 0 amide bonds. The van der Waals surface area contributed by atoms with Gasteiger partial charge in [-0.15, -0.1) is 11.3 Å². The molecule has 11 heteroatoms. The van der Waals surface area contributed by atoms with Crippen molar-refractivity contribution in [2.24, 2.45) is 0 Å². The average molecular weight is 498 g/mol. The molecule has 1 saturated heterocycles. The lowest BCUT2D eigenvalue weighted by atomic mass is 9.91. The SMILES string of the molecule is CC(O)(c1ccc(N2CCN(S(=O)(=O)c3cccs3)CC2)c(-c2cccnc2)c1)C(F)(F)F. The molecular formula is C22H22F3N3O3S2. The molecule has 3 heterocycles. The summed E-state index contributed by atoms with van der Waals surface area (Å²) >= 11 is 1.16. The molecule has 1 aliphatic heterocycles. The molecule has 2 aromatic heterocycles. The van der Waals surface area contributed by atoms with E-state index in [1.807, 2.05) is 4.90 Å². The van der Waals surface area contributed by atoms with Crippen molar-refractivity contribution >= 4 is 27.0 Å². The highest BCUT2D eigenvalue weighted by molar-refractivity contribution is 7.91. The summed E-state index contributed by atoms with van der Waals surface area (Å²) in [4.78, 5) is 6.01. The maximum atomic E-state index is 13.4. The standard InChI is InChI=1S/C22H22F3N3O3S2/c1-21(29,22(23,24)25)17-6-7-19(18(14-17)16-4-2-8-26-15-16)27-9-11-28(12-10-27)33(30,31)20-5-3-13-32-20/h2-8,13-15,29H,9-12H2,1H3. The van der Waals surface area contributed by atoms with Crippen LogP contribution in [0.5, 0.6) is 0 Å². The highest BCUT2D eigenvalue weighted by Crippen LogP contribution is 2.42. The topological polar surface area (TPSA) is 73.7 Å². The molecule has 6 nitrogen and oxygen atoms in total. The van der Waals surface area contributed by atoms with E-state index in [1.54, 1.807) is 48.1 Å². The fraction of sp³-hybridized carbons (Fsp3) is 0.318. The second kappa shape index (κ2) is 8.71. The van der Waals surface area contributed by atoms with Crippen molar-refractivity contribution in [1.82, 2.24) is 9.29 Å². The van der Waals surface area contributed by atoms with Gasteiger partial charge in [0.2, 0.25) is 0 Å². The van der Waals surface area contributed by atoms with Gasteiger partial charge in [0, 0.05) is 55.4 Å². The first-order valence-electron chi connectivity index (χ1n) is 10.1. The maximum absolute atomic E-state index is 13.4. The molecule has 1 unspecified atom stereocenters. The number of nitrogens with zero attached hydrogens (tertiary/aromatic N) is 3. The third-order valence-corrected chi connectivity index (χ3v) is 9.02. The fourth-order valence-corrected chi connectivity index (χ4v) is 6.31. The summed E-state index contributed by atoms with van der Waals surface area (Å²) in [6, 6.07) is 10.8. The minimum Gasteiger partial charge on any atom is -0.376 e. The number of hydrogen-bond acceptors (Lipinski definition) is 6. The zero-order chi connectivity index (χ0) is 23.9. The van der Waals surface area contributed by atoms with Gasteiger partial charge in [-0.3, -0.25) is 4.98 Å². The first-order valence-corrected chi connectivity index (χ1v) is 12.5. The number of thiophene rings is 1. The van der Waals surface area contributed by atoms with E-state index < -0.39 is 21.8 Å². The Hall–Kier alpha value is -2.47. The molecule has 1 aromatic carbocycles. The van der Waals surface area contributed by atoms with Gasteiger partial charge in [0.05, 0.1) is 0 Å². The number of aliphatic hydroxyl groups is 1. The lowest BCUT2D eigenvalue weighted by Crippen LogP contribution is -2.48. The molecule has 4 rings (SSSR count). The van der Waals surface area contributed by atoms with Crippen LogP contribution < -0.4 is 4.90 Å². The molecule has 3 aromatic rings. The third kappa shape index (κ3) is 4.50. The minimum absolute atomic E-state index is 0.245. The van der Waals surface area contributed by atoms with Crippen molar-refractivity contribution in [3.8, 4) is 11.1 Å². The smallest absolute Gasteiger partial charge is 0.376 e. The Kier molecular flexibility index (Phi) is 6.25. The van der Waals surface area contributed by atoms with Crippen LogP contribution in [0, 0.1) is 0 Å². The number of benzene rings is 1. The van der Waals surface area contributed by atoms with Crippen molar-refractivity contribution in [3.63, 3.8) is 0 Å². The third-order valence-electron chi connectivity index (χ3n) is 5.75. The second-order valence-electron chi connectivity index (χ2n) is 7.87. The Balaban J connectivity index is 1.66. The van der Waals surface area contributed by atoms with E-state index in [2.05, 4.69) is 4.98 Å². The first-order chi connectivity index (χ1) is 15.5. The zero-order valence-corrected chi connectivity index (χ0v) is 19.3. The molecular weight excluding hydrogens is 475 g/mol. The predicted octanol–water partition coefficient (Wildman–Crippen LogP) is 4.09. The monoisotopic (exact) mass is 497 g/mol. The first kappa shape index (κ1) is 23.7. The van der Waals surface area contributed by atoms with Gasteiger partial charge in [-0.05, 0) is 42.1 Å². The number of hydrogen-bond donors (Lipinski definition) is 1. The van der Waals surface area contributed by atoms with Crippen molar-refractivity contribution in [2.45, 2.75) is 22.9 Å². The Labute approximate surface area is 194 Å². The van der Waals surface area contributed by atoms with Gasteiger partial charge in [-0.1, -0.05) is 18.2 Å². The number of halogens is 3. The summed E-state index contributed by atoms with van der Waals surface area (Å²) in [6.07, 6.45) is -1.74. The number of sulfonamides is 1. The quantitative estimate of drug-likeness (QED) is 0.575. The molecule has 33 heavy (non-hydrogen) atoms. The van der Waals surface area contributed by atoms with Crippen LogP contribution in [0.2, 0.25) is 0 Å². The highest BCUT2D eigenvalue weighted by Gasteiger charge is 2.51. The number of alkyl halides is 3. The van der Waals surface area contributed by atoms with E-state index in [9.17, 15) is 26.7 Å². The van der Waals surface area contributed by atoms with Gasteiger partial charge in [0.15, 0.2) is 5.60 Å². The summed E-state index contributed by atoms with van der Waals surface area (Å²) in [5, 5.41) is 11.9. The van der Waals surface area contributed by atoms with Gasteiger partial charge in [-0.25, -0.2) is 8.42 Å². The lowest BCUT2D eigenvalue weighted by molar-refractivity contribution is -0.258. The van der Waals surface area contributed by atoms with Gasteiger partial charge < -0.3 is 10.0 Å². The molecule has 0 aliphatic carbocycles. The van der Waals surface area contributed by atoms with E-state index >= 15 is 0 Å². The van der Waals surface area contributed by atoms with Crippen molar-refractivity contribution in [3.05, 3.63) is 65.8 Å². The summed E-state index contributed by atoms with van der Waals surface area (Å²) in [5.41, 5.74) is -1.56. The van der Waals surface area contributed by atoms with Crippen molar-refractivity contribution < 1.29 is 26.7 Å². The zero-order valence-electron chi connectivity index (χ0n) is 17.7. The normalized spacial score (nSPS) is 17.7.